The van der Waals surface area contributed by atoms with Gasteiger partial charge >= 0.3 is 0 Å². The monoisotopic (exact) mass is 465 g/mol. The van der Waals surface area contributed by atoms with Crippen LogP contribution >= 0.6 is 11.6 Å². The molecule has 1 aliphatic rings. The van der Waals surface area contributed by atoms with Crippen LogP contribution in [-0.2, 0) is 11.3 Å². The third-order valence-corrected chi connectivity index (χ3v) is 5.98. The van der Waals surface area contributed by atoms with Crippen LogP contribution in [0, 0.1) is 10.1 Å². The molecule has 1 unspecified atom stereocenters. The molecule has 2 aromatic carbocycles. The Labute approximate surface area is 197 Å². The highest BCUT2D eigenvalue weighted by molar-refractivity contribution is 6.32. The van der Waals surface area contributed by atoms with E-state index in [0.29, 0.717) is 18.8 Å². The van der Waals surface area contributed by atoms with Crippen LogP contribution in [0.5, 0.6) is 0 Å². The van der Waals surface area contributed by atoms with Gasteiger partial charge in [0.05, 0.1) is 10.6 Å². The normalized spacial score (nSPS) is 15.7. The van der Waals surface area contributed by atoms with Gasteiger partial charge < -0.3 is 5.32 Å². The summed E-state index contributed by atoms with van der Waals surface area (Å²) in [5.41, 5.74) is 1.99. The zero-order chi connectivity index (χ0) is 23.2. The fourth-order valence-electron chi connectivity index (χ4n) is 4.00. The lowest BCUT2D eigenvalue weighted by atomic mass is 10.0. The molecule has 33 heavy (non-hydrogen) atoms. The van der Waals surface area contributed by atoms with Crippen LogP contribution < -0.4 is 5.32 Å². The molecular formula is C24H24ClN5O3. The first-order valence-corrected chi connectivity index (χ1v) is 11.0. The summed E-state index contributed by atoms with van der Waals surface area (Å²) in [4.78, 5) is 32.9. The van der Waals surface area contributed by atoms with Crippen LogP contribution in [0.2, 0.25) is 5.02 Å². The molecule has 1 atom stereocenters. The fourth-order valence-corrected chi connectivity index (χ4v) is 4.19. The predicted octanol–water partition coefficient (Wildman–Crippen LogP) is 4.14. The van der Waals surface area contributed by atoms with Gasteiger partial charge in [0.2, 0.25) is 5.91 Å². The summed E-state index contributed by atoms with van der Waals surface area (Å²) in [6.07, 6.45) is 1.79. The first-order chi connectivity index (χ1) is 16.0. The highest BCUT2D eigenvalue weighted by Gasteiger charge is 2.31. The average molecular weight is 466 g/mol. The number of carbonyl (C=O) groups is 1. The van der Waals surface area contributed by atoms with Crippen LogP contribution in [0.15, 0.2) is 72.9 Å². The number of rotatable bonds is 7. The molecule has 0 spiro atoms. The molecule has 8 nitrogen and oxygen atoms in total. The Morgan fingerprint density at radius 3 is 2.45 bits per heavy atom. The first kappa shape index (κ1) is 22.8. The van der Waals surface area contributed by atoms with Gasteiger partial charge in [-0.2, -0.15) is 0 Å². The van der Waals surface area contributed by atoms with Gasteiger partial charge in [-0.1, -0.05) is 48.0 Å². The van der Waals surface area contributed by atoms with Crippen molar-refractivity contribution in [2.24, 2.45) is 0 Å². The smallest absolute Gasteiger partial charge is 0.289 e. The Balaban J connectivity index is 1.49. The molecule has 2 heterocycles. The molecule has 9 heteroatoms. The van der Waals surface area contributed by atoms with Gasteiger partial charge in [0, 0.05) is 50.7 Å². The van der Waals surface area contributed by atoms with E-state index in [0.717, 1.165) is 30.9 Å². The second kappa shape index (κ2) is 10.5. The van der Waals surface area contributed by atoms with E-state index in [-0.39, 0.29) is 16.6 Å². The number of aromatic nitrogens is 1. The largest absolute Gasteiger partial charge is 0.324 e. The zero-order valence-corrected chi connectivity index (χ0v) is 18.7. The highest BCUT2D eigenvalue weighted by Crippen LogP contribution is 2.29. The van der Waals surface area contributed by atoms with Crippen LogP contribution in [0.1, 0.15) is 17.3 Å². The number of hydrogen-bond donors (Lipinski definition) is 1. The highest BCUT2D eigenvalue weighted by atomic mass is 35.5. The van der Waals surface area contributed by atoms with Gasteiger partial charge in [-0.3, -0.25) is 29.7 Å². The standard InChI is InChI=1S/C24H24ClN5O3/c25-21-10-9-19(16-22(21)30(32)33)27-24(31)23(18-6-2-1-3-7-18)29-14-12-28(13-15-29)17-20-8-4-5-11-26-20/h1-11,16,23H,12-15,17H2,(H,27,31). The van der Waals surface area contributed by atoms with E-state index < -0.39 is 11.0 Å². The molecule has 4 rings (SSSR count). The van der Waals surface area contributed by atoms with Crippen molar-refractivity contribution in [3.8, 4) is 0 Å². The van der Waals surface area contributed by atoms with Gasteiger partial charge in [0.25, 0.3) is 5.69 Å². The lowest BCUT2D eigenvalue weighted by Gasteiger charge is -2.38. The second-order valence-electron chi connectivity index (χ2n) is 7.86. The second-order valence-corrected chi connectivity index (χ2v) is 8.27. The predicted molar refractivity (Wildman–Crippen MR) is 127 cm³/mol. The number of nitrogens with one attached hydrogen (secondary N) is 1. The summed E-state index contributed by atoms with van der Waals surface area (Å²) >= 11 is 5.91. The average Bonchev–Trinajstić information content (AvgIpc) is 2.83. The Morgan fingerprint density at radius 1 is 1.06 bits per heavy atom. The van der Waals surface area contributed by atoms with Crippen LogP contribution in [-0.4, -0.2) is 51.8 Å². The van der Waals surface area contributed by atoms with Crippen molar-refractivity contribution >= 4 is 28.9 Å². The van der Waals surface area contributed by atoms with E-state index in [9.17, 15) is 14.9 Å². The molecule has 1 amide bonds. The summed E-state index contributed by atoms with van der Waals surface area (Å²) < 4.78 is 0. The first-order valence-electron chi connectivity index (χ1n) is 10.7. The molecule has 170 valence electrons. The number of carbonyl (C=O) groups excluding carboxylic acids is 1. The quantitative estimate of drug-likeness (QED) is 0.416. The van der Waals surface area contributed by atoms with Crippen LogP contribution in [0.4, 0.5) is 11.4 Å². The minimum atomic E-state index is -0.562. The number of benzene rings is 2. The van der Waals surface area contributed by atoms with Crippen LogP contribution in [0.25, 0.3) is 0 Å². The Kier molecular flexibility index (Phi) is 7.29. The zero-order valence-electron chi connectivity index (χ0n) is 17.9. The number of nitro benzene ring substituents is 1. The van der Waals surface area contributed by atoms with E-state index in [1.165, 1.54) is 12.1 Å². The molecule has 1 saturated heterocycles. The molecular weight excluding hydrogens is 442 g/mol. The SMILES string of the molecule is O=C(Nc1ccc(Cl)c([N+](=O)[O-])c1)C(c1ccccc1)N1CCN(Cc2ccccn2)CC1. The summed E-state index contributed by atoms with van der Waals surface area (Å²) in [7, 11) is 0. The van der Waals surface area contributed by atoms with Crippen molar-refractivity contribution in [3.05, 3.63) is 99.3 Å². The maximum atomic E-state index is 13.4. The van der Waals surface area contributed by atoms with Crippen molar-refractivity contribution in [2.45, 2.75) is 12.6 Å². The van der Waals surface area contributed by atoms with Crippen LogP contribution in [0.3, 0.4) is 0 Å². The summed E-state index contributed by atoms with van der Waals surface area (Å²) in [5.74, 6) is -0.240. The van der Waals surface area contributed by atoms with E-state index in [1.807, 2.05) is 48.5 Å². The number of halogens is 1. The lowest BCUT2D eigenvalue weighted by molar-refractivity contribution is -0.384. The lowest BCUT2D eigenvalue weighted by Crippen LogP contribution is -2.49. The fraction of sp³-hybridized carbons (Fsp3) is 0.250. The van der Waals surface area contributed by atoms with E-state index >= 15 is 0 Å². The summed E-state index contributed by atoms with van der Waals surface area (Å²) in [6.45, 7) is 3.80. The molecule has 1 aromatic heterocycles. The Bertz CT molecular complexity index is 1110. The maximum Gasteiger partial charge on any atom is 0.289 e. The van der Waals surface area contributed by atoms with Crippen molar-refractivity contribution in [3.63, 3.8) is 0 Å². The molecule has 1 aliphatic heterocycles. The van der Waals surface area contributed by atoms with E-state index in [4.69, 9.17) is 11.6 Å². The number of amides is 1. The topological polar surface area (TPSA) is 91.6 Å². The molecule has 0 bridgehead atoms. The number of hydrogen-bond acceptors (Lipinski definition) is 6. The Morgan fingerprint density at radius 2 is 1.79 bits per heavy atom. The molecule has 3 aromatic rings. The number of nitrogens with zero attached hydrogens (tertiary/aromatic N) is 4. The maximum absolute atomic E-state index is 13.4. The third-order valence-electron chi connectivity index (χ3n) is 5.66. The van der Waals surface area contributed by atoms with Gasteiger partial charge in [0.1, 0.15) is 11.1 Å². The molecule has 0 radical (unpaired) electrons. The number of pyridine rings is 1. The minimum absolute atomic E-state index is 0.0293. The molecule has 0 aliphatic carbocycles. The third kappa shape index (κ3) is 5.73. The van der Waals surface area contributed by atoms with Gasteiger partial charge in [-0.15, -0.1) is 0 Å². The number of anilines is 1. The van der Waals surface area contributed by atoms with Gasteiger partial charge in [-0.05, 0) is 29.8 Å². The van der Waals surface area contributed by atoms with E-state index in [2.05, 4.69) is 20.1 Å². The van der Waals surface area contributed by atoms with Crippen molar-refractivity contribution in [1.29, 1.82) is 0 Å². The molecule has 0 saturated carbocycles. The summed E-state index contributed by atoms with van der Waals surface area (Å²) in [6, 6.07) is 19.2. The van der Waals surface area contributed by atoms with E-state index in [1.54, 1.807) is 12.3 Å². The molecule has 1 N–H and O–H groups in total. The number of nitro groups is 1. The molecule has 1 fully saturated rings. The minimum Gasteiger partial charge on any atom is -0.324 e. The van der Waals surface area contributed by atoms with Crippen molar-refractivity contribution in [2.75, 3.05) is 31.5 Å². The van der Waals surface area contributed by atoms with Gasteiger partial charge in [-0.25, -0.2) is 0 Å². The van der Waals surface area contributed by atoms with Gasteiger partial charge in [0.15, 0.2) is 0 Å². The van der Waals surface area contributed by atoms with Crippen molar-refractivity contribution in [1.82, 2.24) is 14.8 Å². The Hall–Kier alpha value is -3.33. The van der Waals surface area contributed by atoms with Crippen molar-refractivity contribution < 1.29 is 9.72 Å². The number of piperazine rings is 1. The summed E-state index contributed by atoms with van der Waals surface area (Å²) in [5, 5.41) is 14.1.